The summed E-state index contributed by atoms with van der Waals surface area (Å²) in [5, 5.41) is 12.4. The first kappa shape index (κ1) is 21.5. The highest BCUT2D eigenvalue weighted by atomic mass is 32.2. The number of ether oxygens (including phenoxy) is 1. The average molecular weight is 398 g/mol. The summed E-state index contributed by atoms with van der Waals surface area (Å²) in [5.74, 6) is -0.575. The van der Waals surface area contributed by atoms with Crippen molar-refractivity contribution in [1.29, 1.82) is 5.26 Å². The van der Waals surface area contributed by atoms with Gasteiger partial charge in [-0.3, -0.25) is 4.79 Å². The lowest BCUT2D eigenvalue weighted by Crippen LogP contribution is -2.25. The lowest BCUT2D eigenvalue weighted by atomic mass is 10.1. The van der Waals surface area contributed by atoms with E-state index in [1.165, 1.54) is 11.8 Å². The molecule has 0 aliphatic rings. The molecule has 1 unspecified atom stereocenters. The van der Waals surface area contributed by atoms with Crippen molar-refractivity contribution < 1.29 is 14.3 Å². The highest BCUT2D eigenvalue weighted by Crippen LogP contribution is 2.29. The fraction of sp³-hybridized carbons (Fsp3) is 0.333. The largest absolute Gasteiger partial charge is 0.462 e. The van der Waals surface area contributed by atoms with Gasteiger partial charge >= 0.3 is 5.97 Å². The summed E-state index contributed by atoms with van der Waals surface area (Å²) in [7, 11) is 0. The Morgan fingerprint density at radius 1 is 1.25 bits per heavy atom. The number of nitrogens with zero attached hydrogens (tertiary/aromatic N) is 2. The molecule has 1 aromatic carbocycles. The molecule has 0 bridgehead atoms. The number of nitriles is 1. The highest BCUT2D eigenvalue weighted by Gasteiger charge is 2.21. The molecule has 0 saturated heterocycles. The molecule has 0 aliphatic carbocycles. The average Bonchev–Trinajstić information content (AvgIpc) is 2.66. The second-order valence-electron chi connectivity index (χ2n) is 6.17. The predicted molar refractivity (Wildman–Crippen MR) is 109 cm³/mol. The van der Waals surface area contributed by atoms with Gasteiger partial charge in [-0.25, -0.2) is 9.78 Å². The maximum Gasteiger partial charge on any atom is 0.338 e. The number of hydrogen-bond donors (Lipinski definition) is 1. The molecule has 2 rings (SSSR count). The maximum absolute atomic E-state index is 12.7. The first-order valence-electron chi connectivity index (χ1n) is 9.02. The fourth-order valence-corrected chi connectivity index (χ4v) is 3.73. The fourth-order valence-electron chi connectivity index (χ4n) is 2.61. The van der Waals surface area contributed by atoms with E-state index in [0.717, 1.165) is 11.3 Å². The zero-order valence-electron chi connectivity index (χ0n) is 16.4. The van der Waals surface area contributed by atoms with Crippen LogP contribution in [0.4, 0.5) is 5.69 Å². The lowest BCUT2D eigenvalue weighted by Gasteiger charge is -2.16. The number of aromatic nitrogens is 1. The van der Waals surface area contributed by atoms with Crippen molar-refractivity contribution in [2.24, 2.45) is 0 Å². The van der Waals surface area contributed by atoms with Crippen LogP contribution in [0.5, 0.6) is 0 Å². The highest BCUT2D eigenvalue weighted by molar-refractivity contribution is 8.00. The quantitative estimate of drug-likeness (QED) is 0.554. The molecule has 0 saturated carbocycles. The number of anilines is 1. The second-order valence-corrected chi connectivity index (χ2v) is 7.37. The van der Waals surface area contributed by atoms with Crippen molar-refractivity contribution in [3.8, 4) is 6.07 Å². The molecule has 7 heteroatoms. The van der Waals surface area contributed by atoms with Gasteiger partial charge in [-0.1, -0.05) is 18.7 Å². The van der Waals surface area contributed by atoms with Crippen molar-refractivity contribution in [2.75, 3.05) is 11.9 Å². The van der Waals surface area contributed by atoms with Crippen LogP contribution in [0.1, 0.15) is 47.4 Å². The van der Waals surface area contributed by atoms with Gasteiger partial charge in [-0.2, -0.15) is 5.26 Å². The number of pyridine rings is 1. The molecule has 1 amide bonds. The number of thioether (sulfide) groups is 1. The number of nitrogens with one attached hydrogen (secondary N) is 1. The molecule has 0 spiro atoms. The minimum atomic E-state index is -0.398. The third-order valence-electron chi connectivity index (χ3n) is 4.00. The molecule has 0 aliphatic heterocycles. The summed E-state index contributed by atoms with van der Waals surface area (Å²) in [6.07, 6.45) is 0.580. The molecule has 0 fully saturated rings. The number of carbonyl (C=O) groups excluding carboxylic acids is 2. The van der Waals surface area contributed by atoms with Crippen molar-refractivity contribution in [3.05, 3.63) is 52.7 Å². The standard InChI is InChI=1S/C21H23N3O3S/c1-5-18(28-20-17(12-22)13(3)11-14(4)23-20)19(25)24-16-9-7-15(8-10-16)21(26)27-6-2/h7-11,18H,5-6H2,1-4H3,(H,24,25). The third kappa shape index (κ3) is 5.33. The van der Waals surface area contributed by atoms with Crippen LogP contribution in [-0.2, 0) is 9.53 Å². The number of benzene rings is 1. The molecule has 1 aromatic heterocycles. The van der Waals surface area contributed by atoms with Crippen LogP contribution >= 0.6 is 11.8 Å². The lowest BCUT2D eigenvalue weighted by molar-refractivity contribution is -0.115. The van der Waals surface area contributed by atoms with Gasteiger partial charge in [0.15, 0.2) is 0 Å². The number of amides is 1. The Labute approximate surface area is 169 Å². The van der Waals surface area contributed by atoms with Crippen LogP contribution in [0.2, 0.25) is 0 Å². The van der Waals surface area contributed by atoms with E-state index < -0.39 is 11.2 Å². The van der Waals surface area contributed by atoms with Crippen molar-refractivity contribution in [1.82, 2.24) is 4.98 Å². The van der Waals surface area contributed by atoms with Crippen molar-refractivity contribution in [2.45, 2.75) is 44.4 Å². The van der Waals surface area contributed by atoms with Crippen molar-refractivity contribution in [3.63, 3.8) is 0 Å². The van der Waals surface area contributed by atoms with Gasteiger partial charge in [-0.15, -0.1) is 0 Å². The van der Waals surface area contributed by atoms with Crippen LogP contribution in [0.25, 0.3) is 0 Å². The van der Waals surface area contributed by atoms with E-state index in [0.29, 0.717) is 34.9 Å². The summed E-state index contributed by atoms with van der Waals surface area (Å²) in [5.41, 5.74) is 3.18. The Bertz CT molecular complexity index is 904. The first-order chi connectivity index (χ1) is 13.4. The minimum absolute atomic E-state index is 0.179. The van der Waals surface area contributed by atoms with Gasteiger partial charge < -0.3 is 10.1 Å². The Hall–Kier alpha value is -2.85. The zero-order valence-corrected chi connectivity index (χ0v) is 17.2. The summed E-state index contributed by atoms with van der Waals surface area (Å²) in [6.45, 7) is 7.70. The normalized spacial score (nSPS) is 11.4. The van der Waals surface area contributed by atoms with Crippen LogP contribution < -0.4 is 5.32 Å². The van der Waals surface area contributed by atoms with E-state index in [1.807, 2.05) is 26.8 Å². The summed E-state index contributed by atoms with van der Waals surface area (Å²) >= 11 is 1.29. The number of esters is 1. The van der Waals surface area contributed by atoms with Gasteiger partial charge in [-0.05, 0) is 63.1 Å². The Balaban J connectivity index is 2.12. The number of carbonyl (C=O) groups is 2. The Kier molecular flexibility index (Phi) is 7.59. The van der Waals surface area contributed by atoms with Gasteiger partial charge in [0, 0.05) is 11.4 Å². The number of aryl methyl sites for hydroxylation is 2. The maximum atomic E-state index is 12.7. The topological polar surface area (TPSA) is 92.1 Å². The third-order valence-corrected chi connectivity index (χ3v) is 5.35. The van der Waals surface area contributed by atoms with Crippen LogP contribution in [0.3, 0.4) is 0 Å². The van der Waals surface area contributed by atoms with E-state index in [9.17, 15) is 14.9 Å². The van der Waals surface area contributed by atoms with Gasteiger partial charge in [0.1, 0.15) is 11.1 Å². The molecule has 1 N–H and O–H groups in total. The molecule has 146 valence electrons. The zero-order chi connectivity index (χ0) is 20.7. The van der Waals surface area contributed by atoms with Gasteiger partial charge in [0.25, 0.3) is 0 Å². The molecular weight excluding hydrogens is 374 g/mol. The van der Waals surface area contributed by atoms with E-state index in [1.54, 1.807) is 31.2 Å². The smallest absolute Gasteiger partial charge is 0.338 e. The second kappa shape index (κ2) is 9.90. The van der Waals surface area contributed by atoms with Crippen LogP contribution in [0, 0.1) is 25.2 Å². The number of hydrogen-bond acceptors (Lipinski definition) is 6. The number of rotatable bonds is 7. The molecule has 0 radical (unpaired) electrons. The van der Waals surface area contributed by atoms with E-state index in [4.69, 9.17) is 4.74 Å². The predicted octanol–water partition coefficient (Wildman–Crippen LogP) is 4.26. The molecular formula is C21H23N3O3S. The molecule has 2 aromatic rings. The summed E-state index contributed by atoms with van der Waals surface area (Å²) in [4.78, 5) is 28.8. The first-order valence-corrected chi connectivity index (χ1v) is 9.90. The van der Waals surface area contributed by atoms with E-state index in [2.05, 4.69) is 16.4 Å². The van der Waals surface area contributed by atoms with E-state index in [-0.39, 0.29) is 5.91 Å². The monoisotopic (exact) mass is 397 g/mol. The van der Waals surface area contributed by atoms with E-state index >= 15 is 0 Å². The van der Waals surface area contributed by atoms with Gasteiger partial charge in [0.05, 0.1) is 23.0 Å². The molecule has 1 heterocycles. The van der Waals surface area contributed by atoms with Crippen LogP contribution in [-0.4, -0.2) is 28.7 Å². The Morgan fingerprint density at radius 2 is 1.93 bits per heavy atom. The Morgan fingerprint density at radius 3 is 2.50 bits per heavy atom. The molecule has 28 heavy (non-hydrogen) atoms. The minimum Gasteiger partial charge on any atom is -0.462 e. The SMILES string of the molecule is CCOC(=O)c1ccc(NC(=O)C(CC)Sc2nc(C)cc(C)c2C#N)cc1. The molecule has 6 nitrogen and oxygen atoms in total. The van der Waals surface area contributed by atoms with Crippen molar-refractivity contribution >= 4 is 29.3 Å². The molecule has 1 atom stereocenters. The summed E-state index contributed by atoms with van der Waals surface area (Å²) < 4.78 is 4.95. The van der Waals surface area contributed by atoms with Gasteiger partial charge in [0.2, 0.25) is 5.91 Å². The van der Waals surface area contributed by atoms with Crippen LogP contribution in [0.15, 0.2) is 35.4 Å². The summed E-state index contributed by atoms with van der Waals surface area (Å²) in [6, 6.07) is 10.6.